The highest BCUT2D eigenvalue weighted by atomic mass is 35.5. The molecule has 188 valence electrons. The van der Waals surface area contributed by atoms with Crippen LogP contribution in [0.1, 0.15) is 60.4 Å². The van der Waals surface area contributed by atoms with Gasteiger partial charge in [-0.15, -0.1) is 9.05 Å². The summed E-state index contributed by atoms with van der Waals surface area (Å²) in [6.07, 6.45) is 4.90. The molecule has 7 heteroatoms. The second-order valence-corrected chi connectivity index (χ2v) is 11.3. The van der Waals surface area contributed by atoms with Crippen LogP contribution in [-0.4, -0.2) is 43.1 Å². The Hall–Kier alpha value is -1.72. The van der Waals surface area contributed by atoms with E-state index in [4.69, 9.17) is 25.2 Å². The number of piperidine rings is 1. The molecule has 0 amide bonds. The lowest BCUT2D eigenvalue weighted by Crippen LogP contribution is -2.30. The SMILES string of the molecule is C=C1C=C(c2ccccc2Cl)Cc2c1c(C)cc(O[P+](O)(OCC)OCC)c2C1CCN(C)CC1. The number of allylic oxidation sites excluding steroid dienone is 3. The minimum absolute atomic E-state index is 0.297. The van der Waals surface area contributed by atoms with Crippen LogP contribution in [-0.2, 0) is 15.5 Å². The van der Waals surface area contributed by atoms with E-state index < -0.39 is 8.17 Å². The third kappa shape index (κ3) is 5.67. The molecule has 1 aliphatic carbocycles. The van der Waals surface area contributed by atoms with Crippen molar-refractivity contribution in [1.29, 1.82) is 0 Å². The van der Waals surface area contributed by atoms with Crippen molar-refractivity contribution in [2.24, 2.45) is 0 Å². The molecule has 0 radical (unpaired) electrons. The molecule has 1 aliphatic heterocycles. The van der Waals surface area contributed by atoms with Crippen molar-refractivity contribution < 1.29 is 18.5 Å². The summed E-state index contributed by atoms with van der Waals surface area (Å²) in [7, 11) is -1.34. The molecule has 0 spiro atoms. The largest absolute Gasteiger partial charge is 0.619 e. The molecule has 1 fully saturated rings. The summed E-state index contributed by atoms with van der Waals surface area (Å²) in [6, 6.07) is 9.97. The maximum atomic E-state index is 11.1. The van der Waals surface area contributed by atoms with Gasteiger partial charge in [-0.1, -0.05) is 42.5 Å². The third-order valence-corrected chi connectivity index (χ3v) is 8.74. The molecule has 1 saturated heterocycles. The van der Waals surface area contributed by atoms with E-state index in [9.17, 15) is 4.89 Å². The standard InChI is InChI=1S/C28H36ClNO4P/c1-6-32-35(31,33-7-2)34-26-17-20(4)27-19(3)16-22(23-10-8-9-11-25(23)29)18-24(27)28(26)21-12-14-30(5)15-13-21/h8-11,16-17,21,31H,3,6-7,12-15,18H2,1-2,4-5H3/q+1. The zero-order chi connectivity index (χ0) is 25.2. The van der Waals surface area contributed by atoms with E-state index in [1.807, 2.05) is 38.1 Å². The van der Waals surface area contributed by atoms with E-state index in [2.05, 4.69) is 37.6 Å². The summed E-state index contributed by atoms with van der Waals surface area (Å²) in [5.74, 6) is 0.951. The smallest absolute Gasteiger partial charge is 0.306 e. The predicted molar refractivity (Wildman–Crippen MR) is 146 cm³/mol. The first-order chi connectivity index (χ1) is 16.8. The first-order valence-electron chi connectivity index (χ1n) is 12.4. The topological polar surface area (TPSA) is 51.2 Å². The molecule has 4 rings (SSSR count). The van der Waals surface area contributed by atoms with Crippen LogP contribution in [0.15, 0.2) is 43.0 Å². The van der Waals surface area contributed by atoms with Crippen LogP contribution in [0.5, 0.6) is 5.75 Å². The lowest BCUT2D eigenvalue weighted by molar-refractivity contribution is 0.132. The molecule has 1 heterocycles. The number of hydrogen-bond acceptors (Lipinski definition) is 5. The number of rotatable bonds is 8. The highest BCUT2D eigenvalue weighted by Gasteiger charge is 2.47. The van der Waals surface area contributed by atoms with E-state index in [1.54, 1.807) is 0 Å². The Bertz CT molecular complexity index is 1120. The Balaban J connectivity index is 1.85. The van der Waals surface area contributed by atoms with E-state index in [0.717, 1.165) is 70.8 Å². The summed E-state index contributed by atoms with van der Waals surface area (Å²) < 4.78 is 17.5. The van der Waals surface area contributed by atoms with Crippen molar-refractivity contribution in [3.05, 3.63) is 75.8 Å². The van der Waals surface area contributed by atoms with Gasteiger partial charge in [-0.05, 0) is 112 Å². The number of likely N-dealkylation sites (tertiary alicyclic amines) is 1. The molecular weight excluding hydrogens is 481 g/mol. The molecule has 1 N–H and O–H groups in total. The summed E-state index contributed by atoms with van der Waals surface area (Å²) in [4.78, 5) is 13.5. The van der Waals surface area contributed by atoms with Crippen LogP contribution in [0.2, 0.25) is 5.02 Å². The van der Waals surface area contributed by atoms with Crippen molar-refractivity contribution in [3.8, 4) is 5.75 Å². The zero-order valence-corrected chi connectivity index (χ0v) is 22.8. The van der Waals surface area contributed by atoms with Gasteiger partial charge in [0, 0.05) is 10.6 Å². The zero-order valence-electron chi connectivity index (χ0n) is 21.1. The predicted octanol–water partition coefficient (Wildman–Crippen LogP) is 7.23. The molecule has 0 unspecified atom stereocenters. The molecule has 0 saturated carbocycles. The highest BCUT2D eigenvalue weighted by Crippen LogP contribution is 2.59. The Morgan fingerprint density at radius 1 is 1.14 bits per heavy atom. The summed E-state index contributed by atoms with van der Waals surface area (Å²) >= 11 is 6.59. The van der Waals surface area contributed by atoms with Crippen molar-refractivity contribution in [2.45, 2.75) is 46.0 Å². The average Bonchev–Trinajstić information content (AvgIpc) is 2.80. The van der Waals surface area contributed by atoms with Gasteiger partial charge in [0.15, 0.2) is 5.75 Å². The molecule has 2 aromatic carbocycles. The number of hydrogen-bond donors (Lipinski definition) is 1. The fourth-order valence-corrected chi connectivity index (χ4v) is 6.77. The van der Waals surface area contributed by atoms with Crippen molar-refractivity contribution >= 4 is 30.9 Å². The molecule has 0 atom stereocenters. The van der Waals surface area contributed by atoms with E-state index in [1.165, 1.54) is 5.56 Å². The van der Waals surface area contributed by atoms with Gasteiger partial charge in [0.25, 0.3) is 0 Å². The third-order valence-electron chi connectivity index (χ3n) is 6.82. The number of benzene rings is 2. The van der Waals surface area contributed by atoms with E-state index in [-0.39, 0.29) is 0 Å². The maximum absolute atomic E-state index is 11.1. The number of halogens is 1. The van der Waals surface area contributed by atoms with E-state index in [0.29, 0.717) is 24.9 Å². The van der Waals surface area contributed by atoms with Gasteiger partial charge >= 0.3 is 8.17 Å². The van der Waals surface area contributed by atoms with Crippen LogP contribution in [0.3, 0.4) is 0 Å². The molecule has 0 aromatic heterocycles. The molecular formula is C28H36ClNO4P+. The van der Waals surface area contributed by atoms with Crippen molar-refractivity contribution in [2.75, 3.05) is 33.4 Å². The number of aryl methyl sites for hydroxylation is 1. The fraction of sp³-hybridized carbons (Fsp3) is 0.429. The van der Waals surface area contributed by atoms with E-state index >= 15 is 0 Å². The van der Waals surface area contributed by atoms with Gasteiger partial charge in [-0.25, -0.2) is 0 Å². The molecule has 35 heavy (non-hydrogen) atoms. The first kappa shape index (κ1) is 26.3. The van der Waals surface area contributed by atoms with Gasteiger partial charge in [0.05, 0.1) is 13.2 Å². The minimum Gasteiger partial charge on any atom is -0.306 e. The fourth-order valence-electron chi connectivity index (χ4n) is 5.28. The van der Waals surface area contributed by atoms with Crippen molar-refractivity contribution in [1.82, 2.24) is 4.90 Å². The van der Waals surface area contributed by atoms with Crippen molar-refractivity contribution in [3.63, 3.8) is 0 Å². The summed E-state index contributed by atoms with van der Waals surface area (Å²) in [6.45, 7) is 12.8. The first-order valence-corrected chi connectivity index (χ1v) is 14.2. The van der Waals surface area contributed by atoms with Crippen LogP contribution in [0.25, 0.3) is 11.1 Å². The van der Waals surface area contributed by atoms with Crippen LogP contribution in [0.4, 0.5) is 0 Å². The van der Waals surface area contributed by atoms with Gasteiger partial charge < -0.3 is 4.90 Å². The quantitative estimate of drug-likeness (QED) is 0.375. The van der Waals surface area contributed by atoms with Crippen LogP contribution >= 0.6 is 19.8 Å². The monoisotopic (exact) mass is 516 g/mol. The Labute approximate surface area is 215 Å². The minimum atomic E-state index is -3.50. The summed E-state index contributed by atoms with van der Waals surface area (Å²) in [5, 5.41) is 0.730. The Kier molecular flexibility index (Phi) is 8.38. The second kappa shape index (κ2) is 11.1. The maximum Gasteiger partial charge on any atom is 0.619 e. The van der Waals surface area contributed by atoms with Gasteiger partial charge in [0.1, 0.15) is 0 Å². The second-order valence-electron chi connectivity index (χ2n) is 9.28. The average molecular weight is 517 g/mol. The number of fused-ring (bicyclic) bond motifs is 1. The molecule has 2 aromatic rings. The Morgan fingerprint density at radius 2 is 1.80 bits per heavy atom. The van der Waals surface area contributed by atoms with Crippen LogP contribution < -0.4 is 4.52 Å². The molecule has 2 aliphatic rings. The van der Waals surface area contributed by atoms with Gasteiger partial charge in [0.2, 0.25) is 0 Å². The summed E-state index contributed by atoms with van der Waals surface area (Å²) in [5.41, 5.74) is 7.69. The Morgan fingerprint density at radius 3 is 2.43 bits per heavy atom. The lowest BCUT2D eigenvalue weighted by Gasteiger charge is -2.34. The van der Waals surface area contributed by atoms with Crippen LogP contribution in [0, 0.1) is 6.92 Å². The highest BCUT2D eigenvalue weighted by molar-refractivity contribution is 7.55. The number of nitrogens with zero attached hydrogens (tertiary/aromatic N) is 1. The molecule has 5 nitrogen and oxygen atoms in total. The van der Waals surface area contributed by atoms with Gasteiger partial charge in [-0.3, -0.25) is 4.52 Å². The lowest BCUT2D eigenvalue weighted by atomic mass is 9.76. The van der Waals surface area contributed by atoms with Gasteiger partial charge in [-0.2, -0.15) is 4.89 Å². The normalized spacial score (nSPS) is 17.3. The molecule has 0 bridgehead atoms.